The largest absolute Gasteiger partial charge is 0.305 e. The summed E-state index contributed by atoms with van der Waals surface area (Å²) in [6.45, 7) is 1.62. The van der Waals surface area contributed by atoms with Crippen molar-refractivity contribution < 1.29 is 4.79 Å². The molecular formula is C9H16N2O. The predicted octanol–water partition coefficient (Wildman–Crippen LogP) is 0.0116. The van der Waals surface area contributed by atoms with Crippen LogP contribution in [0.15, 0.2) is 0 Å². The Morgan fingerprint density at radius 2 is 2.33 bits per heavy atom. The molecule has 0 bridgehead atoms. The molecule has 0 amide bonds. The predicted molar refractivity (Wildman–Crippen MR) is 47.1 cm³/mol. The standard InChI is InChI=1S/C9H16N2O/c1-11(8-2-3-8)6-7-4-9(12)5-10-7/h7-8,10H,2-6H2,1H3. The first kappa shape index (κ1) is 8.20. The summed E-state index contributed by atoms with van der Waals surface area (Å²) in [5.74, 6) is 0.365. The summed E-state index contributed by atoms with van der Waals surface area (Å²) in [6, 6.07) is 1.23. The van der Waals surface area contributed by atoms with E-state index < -0.39 is 0 Å². The van der Waals surface area contributed by atoms with E-state index in [1.54, 1.807) is 0 Å². The van der Waals surface area contributed by atoms with Crippen LogP contribution >= 0.6 is 0 Å². The molecule has 2 aliphatic rings. The molecule has 0 spiro atoms. The molecule has 12 heavy (non-hydrogen) atoms. The van der Waals surface area contributed by atoms with Crippen molar-refractivity contribution in [2.75, 3.05) is 20.1 Å². The van der Waals surface area contributed by atoms with Gasteiger partial charge in [0, 0.05) is 25.0 Å². The van der Waals surface area contributed by atoms with E-state index in [4.69, 9.17) is 0 Å². The van der Waals surface area contributed by atoms with Crippen molar-refractivity contribution in [2.45, 2.75) is 31.3 Å². The zero-order valence-corrected chi connectivity index (χ0v) is 7.55. The summed E-state index contributed by atoms with van der Waals surface area (Å²) in [6.07, 6.45) is 3.42. The van der Waals surface area contributed by atoms with Gasteiger partial charge in [-0.3, -0.25) is 4.79 Å². The molecule has 2 rings (SSSR count). The van der Waals surface area contributed by atoms with Gasteiger partial charge >= 0.3 is 0 Å². The molecule has 3 nitrogen and oxygen atoms in total. The average molecular weight is 168 g/mol. The maximum Gasteiger partial charge on any atom is 0.148 e. The molecule has 0 aromatic rings. The van der Waals surface area contributed by atoms with E-state index in [0.717, 1.165) is 19.0 Å². The Balaban J connectivity index is 1.75. The summed E-state index contributed by atoms with van der Waals surface area (Å²) < 4.78 is 0. The Morgan fingerprint density at radius 3 is 2.83 bits per heavy atom. The van der Waals surface area contributed by atoms with Crippen LogP contribution in [0.3, 0.4) is 0 Å². The molecule has 0 aromatic carbocycles. The number of carbonyl (C=O) groups excluding carboxylic acids is 1. The highest BCUT2D eigenvalue weighted by Gasteiger charge is 2.29. The Hall–Kier alpha value is -0.410. The van der Waals surface area contributed by atoms with E-state index in [2.05, 4.69) is 17.3 Å². The van der Waals surface area contributed by atoms with Crippen LogP contribution in [0.25, 0.3) is 0 Å². The van der Waals surface area contributed by atoms with Crippen molar-refractivity contribution in [1.82, 2.24) is 10.2 Å². The average Bonchev–Trinajstić information content (AvgIpc) is 2.78. The minimum Gasteiger partial charge on any atom is -0.305 e. The van der Waals surface area contributed by atoms with Gasteiger partial charge in [-0.05, 0) is 19.9 Å². The lowest BCUT2D eigenvalue weighted by Gasteiger charge is -2.19. The fraction of sp³-hybridized carbons (Fsp3) is 0.889. The van der Waals surface area contributed by atoms with Gasteiger partial charge in [0.15, 0.2) is 0 Å². The maximum absolute atomic E-state index is 10.9. The Bertz CT molecular complexity index is 189. The van der Waals surface area contributed by atoms with E-state index in [1.807, 2.05) is 0 Å². The summed E-state index contributed by atoms with van der Waals surface area (Å²) in [7, 11) is 2.15. The number of nitrogens with one attached hydrogen (secondary N) is 1. The second-order valence-corrected chi connectivity index (χ2v) is 3.99. The van der Waals surface area contributed by atoms with Gasteiger partial charge in [0.1, 0.15) is 5.78 Å². The number of carbonyl (C=O) groups is 1. The molecule has 1 unspecified atom stereocenters. The van der Waals surface area contributed by atoms with Crippen LogP contribution < -0.4 is 5.32 Å². The van der Waals surface area contributed by atoms with Crippen LogP contribution in [0.4, 0.5) is 0 Å². The normalized spacial score (nSPS) is 30.2. The van der Waals surface area contributed by atoms with Gasteiger partial charge in [0.05, 0.1) is 6.54 Å². The molecule has 1 saturated carbocycles. The van der Waals surface area contributed by atoms with E-state index >= 15 is 0 Å². The van der Waals surface area contributed by atoms with E-state index in [9.17, 15) is 4.79 Å². The van der Waals surface area contributed by atoms with Gasteiger partial charge in [-0.15, -0.1) is 0 Å². The Morgan fingerprint density at radius 1 is 1.58 bits per heavy atom. The second kappa shape index (κ2) is 3.15. The van der Waals surface area contributed by atoms with Crippen LogP contribution in [-0.2, 0) is 4.79 Å². The molecule has 1 heterocycles. The molecule has 1 aliphatic heterocycles. The van der Waals surface area contributed by atoms with E-state index in [1.165, 1.54) is 12.8 Å². The van der Waals surface area contributed by atoms with Crippen LogP contribution in [-0.4, -0.2) is 42.9 Å². The third kappa shape index (κ3) is 1.84. The lowest BCUT2D eigenvalue weighted by Crippen LogP contribution is -2.36. The number of hydrogen-bond acceptors (Lipinski definition) is 3. The van der Waals surface area contributed by atoms with Crippen molar-refractivity contribution in [3.8, 4) is 0 Å². The molecule has 3 heteroatoms. The molecular weight excluding hydrogens is 152 g/mol. The smallest absolute Gasteiger partial charge is 0.148 e. The third-order valence-electron chi connectivity index (χ3n) is 2.74. The van der Waals surface area contributed by atoms with E-state index in [0.29, 0.717) is 18.4 Å². The van der Waals surface area contributed by atoms with Crippen molar-refractivity contribution in [2.24, 2.45) is 0 Å². The first-order valence-corrected chi connectivity index (χ1v) is 4.71. The van der Waals surface area contributed by atoms with Crippen molar-refractivity contribution in [3.05, 3.63) is 0 Å². The van der Waals surface area contributed by atoms with Crippen molar-refractivity contribution in [1.29, 1.82) is 0 Å². The summed E-state index contributed by atoms with van der Waals surface area (Å²) in [5, 5.41) is 3.23. The molecule has 0 aromatic heterocycles. The SMILES string of the molecule is CN(CC1CC(=O)CN1)C1CC1. The fourth-order valence-electron chi connectivity index (χ4n) is 1.82. The van der Waals surface area contributed by atoms with Crippen LogP contribution in [0, 0.1) is 0 Å². The molecule has 2 fully saturated rings. The monoisotopic (exact) mass is 168 g/mol. The van der Waals surface area contributed by atoms with E-state index in [-0.39, 0.29) is 0 Å². The number of Topliss-reactive ketones (excluding diaryl/α,β-unsaturated/α-hetero) is 1. The topological polar surface area (TPSA) is 32.3 Å². The molecule has 0 radical (unpaired) electrons. The van der Waals surface area contributed by atoms with Crippen molar-refractivity contribution in [3.63, 3.8) is 0 Å². The third-order valence-corrected chi connectivity index (χ3v) is 2.74. The van der Waals surface area contributed by atoms with Gasteiger partial charge in [-0.1, -0.05) is 0 Å². The second-order valence-electron chi connectivity index (χ2n) is 3.99. The van der Waals surface area contributed by atoms with Crippen LogP contribution in [0.2, 0.25) is 0 Å². The van der Waals surface area contributed by atoms with Gasteiger partial charge in [-0.2, -0.15) is 0 Å². The highest BCUT2D eigenvalue weighted by atomic mass is 16.1. The molecule has 1 aliphatic carbocycles. The summed E-state index contributed by atoms with van der Waals surface area (Å²) in [4.78, 5) is 13.3. The minimum absolute atomic E-state index is 0.365. The summed E-state index contributed by atoms with van der Waals surface area (Å²) >= 11 is 0. The minimum atomic E-state index is 0.365. The number of likely N-dealkylation sites (N-methyl/N-ethyl adjacent to an activating group) is 1. The molecule has 68 valence electrons. The van der Waals surface area contributed by atoms with Gasteiger partial charge in [-0.25, -0.2) is 0 Å². The van der Waals surface area contributed by atoms with Gasteiger partial charge < -0.3 is 10.2 Å². The highest BCUT2D eigenvalue weighted by molar-refractivity contribution is 5.83. The zero-order valence-electron chi connectivity index (χ0n) is 7.55. The number of ketones is 1. The molecule has 1 atom stereocenters. The fourth-order valence-corrected chi connectivity index (χ4v) is 1.82. The zero-order chi connectivity index (χ0) is 8.55. The van der Waals surface area contributed by atoms with Crippen molar-refractivity contribution >= 4 is 5.78 Å². The Labute approximate surface area is 73.1 Å². The number of nitrogens with zero attached hydrogens (tertiary/aromatic N) is 1. The van der Waals surface area contributed by atoms with Crippen LogP contribution in [0.5, 0.6) is 0 Å². The Kier molecular flexibility index (Phi) is 2.15. The van der Waals surface area contributed by atoms with Crippen LogP contribution in [0.1, 0.15) is 19.3 Å². The number of rotatable bonds is 3. The first-order valence-electron chi connectivity index (χ1n) is 4.71. The quantitative estimate of drug-likeness (QED) is 0.644. The maximum atomic E-state index is 10.9. The highest BCUT2D eigenvalue weighted by Crippen LogP contribution is 2.25. The first-order chi connectivity index (χ1) is 5.75. The lowest BCUT2D eigenvalue weighted by atomic mass is 10.2. The molecule has 1 N–H and O–H groups in total. The molecule has 1 saturated heterocycles. The summed E-state index contributed by atoms with van der Waals surface area (Å²) in [5.41, 5.74) is 0. The van der Waals surface area contributed by atoms with Gasteiger partial charge in [0.2, 0.25) is 0 Å². The lowest BCUT2D eigenvalue weighted by molar-refractivity contribution is -0.116. The number of hydrogen-bond donors (Lipinski definition) is 1. The van der Waals surface area contributed by atoms with Gasteiger partial charge in [0.25, 0.3) is 0 Å².